The van der Waals surface area contributed by atoms with E-state index in [1.54, 1.807) is 0 Å². The van der Waals surface area contributed by atoms with Crippen molar-refractivity contribution in [2.45, 2.75) is 32.2 Å². The fourth-order valence-corrected chi connectivity index (χ4v) is 2.32. The first kappa shape index (κ1) is 13.7. The van der Waals surface area contributed by atoms with E-state index in [0.29, 0.717) is 0 Å². The molecule has 0 fully saturated rings. The van der Waals surface area contributed by atoms with Gasteiger partial charge in [0, 0.05) is 6.20 Å². The first-order chi connectivity index (χ1) is 9.31. The molecule has 0 spiro atoms. The van der Waals surface area contributed by atoms with Gasteiger partial charge in [-0.05, 0) is 43.4 Å². The molecule has 0 saturated heterocycles. The predicted octanol–water partition coefficient (Wildman–Crippen LogP) is 2.92. The first-order valence-corrected chi connectivity index (χ1v) is 6.73. The Morgan fingerprint density at radius 2 is 1.95 bits per heavy atom. The summed E-state index contributed by atoms with van der Waals surface area (Å²) in [4.78, 5) is 4.43. The summed E-state index contributed by atoms with van der Waals surface area (Å²) in [6, 6.07) is 14.7. The molecule has 1 aromatic heterocycles. The lowest BCUT2D eigenvalue weighted by atomic mass is 10.0. The molecule has 0 saturated carbocycles. The van der Waals surface area contributed by atoms with Crippen LogP contribution in [0.4, 0.5) is 0 Å². The van der Waals surface area contributed by atoms with E-state index in [-0.39, 0.29) is 6.04 Å². The highest BCUT2D eigenvalue weighted by Gasteiger charge is 2.12. The largest absolute Gasteiger partial charge is 0.271 e. The predicted molar refractivity (Wildman–Crippen MR) is 78.4 cm³/mol. The van der Waals surface area contributed by atoms with Gasteiger partial charge >= 0.3 is 0 Å². The van der Waals surface area contributed by atoms with Crippen molar-refractivity contribution in [3.05, 3.63) is 65.5 Å². The monoisotopic (exact) mass is 255 g/mol. The summed E-state index contributed by atoms with van der Waals surface area (Å²) in [5.41, 5.74) is 6.49. The molecule has 0 aliphatic heterocycles. The van der Waals surface area contributed by atoms with E-state index in [0.717, 1.165) is 25.0 Å². The number of rotatable bonds is 6. The Labute approximate surface area is 114 Å². The number of benzene rings is 1. The summed E-state index contributed by atoms with van der Waals surface area (Å²) >= 11 is 0. The molecule has 1 heterocycles. The average Bonchev–Trinajstić information content (AvgIpc) is 2.46. The van der Waals surface area contributed by atoms with Crippen molar-refractivity contribution in [2.75, 3.05) is 0 Å². The third-order valence-electron chi connectivity index (χ3n) is 3.38. The van der Waals surface area contributed by atoms with Crippen molar-refractivity contribution in [3.8, 4) is 0 Å². The minimum absolute atomic E-state index is 0.130. The third-order valence-corrected chi connectivity index (χ3v) is 3.38. The molecular weight excluding hydrogens is 234 g/mol. The molecule has 1 aromatic carbocycles. The zero-order valence-electron chi connectivity index (χ0n) is 11.3. The number of nitrogens with one attached hydrogen (secondary N) is 1. The van der Waals surface area contributed by atoms with Crippen LogP contribution in [0.1, 0.15) is 35.7 Å². The summed E-state index contributed by atoms with van der Waals surface area (Å²) in [6.07, 6.45) is 4.98. The van der Waals surface area contributed by atoms with Crippen molar-refractivity contribution in [1.82, 2.24) is 10.4 Å². The van der Waals surface area contributed by atoms with Gasteiger partial charge in [-0.15, -0.1) is 0 Å². The van der Waals surface area contributed by atoms with Gasteiger partial charge in [-0.1, -0.05) is 36.4 Å². The van der Waals surface area contributed by atoms with E-state index in [4.69, 9.17) is 5.84 Å². The molecule has 0 amide bonds. The van der Waals surface area contributed by atoms with E-state index < -0.39 is 0 Å². The summed E-state index contributed by atoms with van der Waals surface area (Å²) in [5, 5.41) is 0. The minimum atomic E-state index is 0.130. The first-order valence-electron chi connectivity index (χ1n) is 6.73. The number of hydrogen-bond donors (Lipinski definition) is 2. The Morgan fingerprint density at radius 1 is 1.16 bits per heavy atom. The van der Waals surface area contributed by atoms with Crippen LogP contribution >= 0.6 is 0 Å². The highest BCUT2D eigenvalue weighted by molar-refractivity contribution is 5.21. The SMILES string of the molecule is Cc1cccnc1C(CCCc1ccccc1)NN. The van der Waals surface area contributed by atoms with Crippen LogP contribution in [0.25, 0.3) is 0 Å². The van der Waals surface area contributed by atoms with Crippen LogP contribution in [0.2, 0.25) is 0 Å². The number of pyridine rings is 1. The van der Waals surface area contributed by atoms with Crippen molar-refractivity contribution in [3.63, 3.8) is 0 Å². The fourth-order valence-electron chi connectivity index (χ4n) is 2.32. The van der Waals surface area contributed by atoms with Crippen LogP contribution in [0.15, 0.2) is 48.7 Å². The Morgan fingerprint density at radius 3 is 2.63 bits per heavy atom. The highest BCUT2D eigenvalue weighted by atomic mass is 15.2. The molecule has 2 rings (SSSR count). The molecule has 1 atom stereocenters. The summed E-state index contributed by atoms with van der Waals surface area (Å²) < 4.78 is 0. The van der Waals surface area contributed by atoms with E-state index >= 15 is 0 Å². The van der Waals surface area contributed by atoms with Crippen molar-refractivity contribution in [1.29, 1.82) is 0 Å². The molecule has 100 valence electrons. The second kappa shape index (κ2) is 7.02. The Hall–Kier alpha value is -1.71. The Kier molecular flexibility index (Phi) is 5.07. The molecule has 0 aliphatic carbocycles. The number of nitrogens with zero attached hydrogens (tertiary/aromatic N) is 1. The molecule has 0 radical (unpaired) electrons. The quantitative estimate of drug-likeness (QED) is 0.616. The maximum Gasteiger partial charge on any atom is 0.0635 e. The third kappa shape index (κ3) is 3.88. The molecule has 0 aliphatic rings. The van der Waals surface area contributed by atoms with Crippen LogP contribution in [-0.4, -0.2) is 4.98 Å². The van der Waals surface area contributed by atoms with Crippen molar-refractivity contribution in [2.24, 2.45) is 5.84 Å². The van der Waals surface area contributed by atoms with Crippen LogP contribution in [0, 0.1) is 6.92 Å². The highest BCUT2D eigenvalue weighted by Crippen LogP contribution is 2.19. The minimum Gasteiger partial charge on any atom is -0.271 e. The van der Waals surface area contributed by atoms with Crippen molar-refractivity contribution >= 4 is 0 Å². The van der Waals surface area contributed by atoms with Gasteiger partial charge < -0.3 is 0 Å². The van der Waals surface area contributed by atoms with E-state index in [1.807, 2.05) is 18.3 Å². The van der Waals surface area contributed by atoms with Gasteiger partial charge in [0.1, 0.15) is 0 Å². The van der Waals surface area contributed by atoms with Crippen LogP contribution in [0.5, 0.6) is 0 Å². The molecule has 3 heteroatoms. The Balaban J connectivity index is 1.92. The van der Waals surface area contributed by atoms with Gasteiger partial charge in [0.25, 0.3) is 0 Å². The molecule has 19 heavy (non-hydrogen) atoms. The maximum absolute atomic E-state index is 5.66. The lowest BCUT2D eigenvalue weighted by molar-refractivity contribution is 0.485. The maximum atomic E-state index is 5.66. The van der Waals surface area contributed by atoms with Gasteiger partial charge in [-0.25, -0.2) is 0 Å². The van der Waals surface area contributed by atoms with E-state index in [1.165, 1.54) is 11.1 Å². The molecule has 3 nitrogen and oxygen atoms in total. The summed E-state index contributed by atoms with van der Waals surface area (Å²) in [6.45, 7) is 2.07. The Bertz CT molecular complexity index is 496. The summed E-state index contributed by atoms with van der Waals surface area (Å²) in [5.74, 6) is 5.66. The lowest BCUT2D eigenvalue weighted by Gasteiger charge is -2.17. The fraction of sp³-hybridized carbons (Fsp3) is 0.312. The van der Waals surface area contributed by atoms with Crippen LogP contribution in [-0.2, 0) is 6.42 Å². The van der Waals surface area contributed by atoms with E-state index in [2.05, 4.69) is 47.7 Å². The van der Waals surface area contributed by atoms with Gasteiger partial charge in [0.2, 0.25) is 0 Å². The van der Waals surface area contributed by atoms with Gasteiger partial charge in [-0.3, -0.25) is 16.3 Å². The number of aryl methyl sites for hydroxylation is 2. The number of nitrogens with two attached hydrogens (primary N) is 1. The van der Waals surface area contributed by atoms with Gasteiger partial charge in [-0.2, -0.15) is 0 Å². The number of hydrazine groups is 1. The molecular formula is C16H21N3. The summed E-state index contributed by atoms with van der Waals surface area (Å²) in [7, 11) is 0. The number of aromatic nitrogens is 1. The standard InChI is InChI=1S/C16H21N3/c1-13-7-6-12-18-16(13)15(19-17)11-5-10-14-8-3-2-4-9-14/h2-4,6-9,12,15,19H,5,10-11,17H2,1H3. The lowest BCUT2D eigenvalue weighted by Crippen LogP contribution is -2.29. The van der Waals surface area contributed by atoms with Crippen molar-refractivity contribution < 1.29 is 0 Å². The van der Waals surface area contributed by atoms with E-state index in [9.17, 15) is 0 Å². The van der Waals surface area contributed by atoms with Crippen LogP contribution < -0.4 is 11.3 Å². The average molecular weight is 255 g/mol. The van der Waals surface area contributed by atoms with Crippen LogP contribution in [0.3, 0.4) is 0 Å². The molecule has 3 N–H and O–H groups in total. The van der Waals surface area contributed by atoms with Gasteiger partial charge in [0.05, 0.1) is 11.7 Å². The van der Waals surface area contributed by atoms with Gasteiger partial charge in [0.15, 0.2) is 0 Å². The zero-order chi connectivity index (χ0) is 13.5. The normalized spacial score (nSPS) is 12.3. The second-order valence-electron chi connectivity index (χ2n) is 4.80. The smallest absolute Gasteiger partial charge is 0.0635 e. The zero-order valence-corrected chi connectivity index (χ0v) is 11.3. The molecule has 0 bridgehead atoms. The topological polar surface area (TPSA) is 50.9 Å². The molecule has 1 unspecified atom stereocenters. The molecule has 2 aromatic rings. The second-order valence-corrected chi connectivity index (χ2v) is 4.80. The number of hydrogen-bond acceptors (Lipinski definition) is 3.